The number of nitrogens with zero attached hydrogens (tertiary/aromatic N) is 1. The van der Waals surface area contributed by atoms with Gasteiger partial charge >= 0.3 is 0 Å². The average Bonchev–Trinajstić information content (AvgIpc) is 2.59. The highest BCUT2D eigenvalue weighted by atomic mass is 35.5. The maximum absolute atomic E-state index is 11.2. The zero-order valence-electron chi connectivity index (χ0n) is 15.5. The van der Waals surface area contributed by atoms with Gasteiger partial charge < -0.3 is 4.79 Å². The highest BCUT2D eigenvalue weighted by Crippen LogP contribution is 2.31. The Kier molecular flexibility index (Phi) is 10.4. The molecule has 0 amide bonds. The fraction of sp³-hybridized carbons (Fsp3) is 0.632. The Balaban J connectivity index is 0.00000338. The predicted molar refractivity (Wildman–Crippen MR) is 108 cm³/mol. The van der Waals surface area contributed by atoms with Gasteiger partial charge in [0, 0.05) is 19.0 Å². The van der Waals surface area contributed by atoms with Gasteiger partial charge in [0.15, 0.2) is 0 Å². The Hall–Kier alpha value is -0.950. The van der Waals surface area contributed by atoms with E-state index >= 15 is 0 Å². The van der Waals surface area contributed by atoms with Gasteiger partial charge in [-0.05, 0) is 56.7 Å². The SMILES string of the molecule is CS(=O)(=O)NCCC1CCN(C(CCCC=O)c2ccccc2)CC1.Cl. The van der Waals surface area contributed by atoms with E-state index in [9.17, 15) is 13.2 Å². The van der Waals surface area contributed by atoms with E-state index in [1.54, 1.807) is 0 Å². The van der Waals surface area contributed by atoms with Crippen LogP contribution in [0.4, 0.5) is 0 Å². The van der Waals surface area contributed by atoms with Crippen molar-refractivity contribution in [3.8, 4) is 0 Å². The van der Waals surface area contributed by atoms with Crippen molar-refractivity contribution in [1.29, 1.82) is 0 Å². The van der Waals surface area contributed by atoms with Gasteiger partial charge in [-0.2, -0.15) is 0 Å². The molecule has 0 saturated carbocycles. The van der Waals surface area contributed by atoms with Crippen molar-refractivity contribution in [2.45, 2.75) is 44.6 Å². The minimum atomic E-state index is -3.09. The van der Waals surface area contributed by atoms with Gasteiger partial charge in [0.2, 0.25) is 10.0 Å². The number of unbranched alkanes of at least 4 members (excludes halogenated alkanes) is 1. The topological polar surface area (TPSA) is 66.5 Å². The summed E-state index contributed by atoms with van der Waals surface area (Å²) in [4.78, 5) is 13.2. The molecule has 0 radical (unpaired) electrons. The van der Waals surface area contributed by atoms with Crippen molar-refractivity contribution >= 4 is 28.7 Å². The quantitative estimate of drug-likeness (QED) is 0.482. The zero-order valence-corrected chi connectivity index (χ0v) is 17.1. The average molecular weight is 403 g/mol. The van der Waals surface area contributed by atoms with Crippen LogP contribution in [0.25, 0.3) is 0 Å². The van der Waals surface area contributed by atoms with E-state index in [2.05, 4.69) is 33.9 Å². The van der Waals surface area contributed by atoms with Crippen LogP contribution in [-0.2, 0) is 14.8 Å². The molecule has 1 fully saturated rings. The first-order valence-electron chi connectivity index (χ1n) is 9.17. The van der Waals surface area contributed by atoms with Gasteiger partial charge in [-0.3, -0.25) is 4.90 Å². The van der Waals surface area contributed by atoms with Crippen molar-refractivity contribution in [3.63, 3.8) is 0 Å². The summed E-state index contributed by atoms with van der Waals surface area (Å²) in [6, 6.07) is 10.9. The summed E-state index contributed by atoms with van der Waals surface area (Å²) < 4.78 is 24.9. The van der Waals surface area contributed by atoms with E-state index in [4.69, 9.17) is 0 Å². The molecule has 0 aliphatic carbocycles. The molecule has 1 saturated heterocycles. The molecule has 0 bridgehead atoms. The third-order valence-corrected chi connectivity index (χ3v) is 5.72. The summed E-state index contributed by atoms with van der Waals surface area (Å²) >= 11 is 0. The second-order valence-electron chi connectivity index (χ2n) is 6.96. The molecule has 1 heterocycles. The van der Waals surface area contributed by atoms with Gasteiger partial charge in [-0.15, -0.1) is 12.4 Å². The highest BCUT2D eigenvalue weighted by Gasteiger charge is 2.25. The second kappa shape index (κ2) is 11.7. The number of hydrogen-bond acceptors (Lipinski definition) is 4. The number of benzene rings is 1. The molecule has 0 aromatic heterocycles. The van der Waals surface area contributed by atoms with E-state index in [0.29, 0.717) is 24.9 Å². The molecule has 1 aliphatic rings. The first kappa shape index (κ1) is 23.1. The lowest BCUT2D eigenvalue weighted by molar-refractivity contribution is -0.108. The molecule has 1 aromatic carbocycles. The highest BCUT2D eigenvalue weighted by molar-refractivity contribution is 7.88. The number of hydrogen-bond donors (Lipinski definition) is 1. The van der Waals surface area contributed by atoms with Crippen molar-refractivity contribution < 1.29 is 13.2 Å². The third-order valence-electron chi connectivity index (χ3n) is 4.99. The van der Waals surface area contributed by atoms with Crippen LogP contribution in [0.2, 0.25) is 0 Å². The van der Waals surface area contributed by atoms with Gasteiger partial charge in [0.25, 0.3) is 0 Å². The van der Waals surface area contributed by atoms with Crippen LogP contribution in [-0.4, -0.2) is 45.5 Å². The largest absolute Gasteiger partial charge is 0.303 e. The third kappa shape index (κ3) is 8.16. The van der Waals surface area contributed by atoms with Crippen molar-refractivity contribution in [3.05, 3.63) is 35.9 Å². The molecular weight excluding hydrogens is 372 g/mol. The monoisotopic (exact) mass is 402 g/mol. The van der Waals surface area contributed by atoms with E-state index in [1.807, 2.05) is 6.07 Å². The van der Waals surface area contributed by atoms with Crippen LogP contribution in [0.1, 0.15) is 50.1 Å². The lowest BCUT2D eigenvalue weighted by atomic mass is 9.90. The minimum absolute atomic E-state index is 0. The van der Waals surface area contributed by atoms with Crippen LogP contribution in [0.15, 0.2) is 30.3 Å². The summed E-state index contributed by atoms with van der Waals surface area (Å²) in [5, 5.41) is 0. The second-order valence-corrected chi connectivity index (χ2v) is 8.79. The minimum Gasteiger partial charge on any atom is -0.303 e. The van der Waals surface area contributed by atoms with Crippen LogP contribution in [0, 0.1) is 5.92 Å². The Bertz CT molecular complexity index is 617. The fourth-order valence-electron chi connectivity index (χ4n) is 3.63. The van der Waals surface area contributed by atoms with Gasteiger partial charge in [-0.1, -0.05) is 30.3 Å². The first-order valence-corrected chi connectivity index (χ1v) is 11.1. The zero-order chi connectivity index (χ0) is 18.1. The number of carbonyl (C=O) groups excluding carboxylic acids is 1. The lowest BCUT2D eigenvalue weighted by Crippen LogP contribution is -2.37. The normalized spacial score (nSPS) is 17.4. The molecule has 0 spiro atoms. The van der Waals surface area contributed by atoms with Crippen LogP contribution < -0.4 is 4.72 Å². The smallest absolute Gasteiger partial charge is 0.208 e. The van der Waals surface area contributed by atoms with Gasteiger partial charge in [-0.25, -0.2) is 13.1 Å². The lowest BCUT2D eigenvalue weighted by Gasteiger charge is -2.38. The summed E-state index contributed by atoms with van der Waals surface area (Å²) in [6.07, 6.45) is 7.86. The number of piperidine rings is 1. The number of likely N-dealkylation sites (tertiary alicyclic amines) is 1. The Morgan fingerprint density at radius 2 is 1.88 bits per heavy atom. The number of rotatable bonds is 10. The van der Waals surface area contributed by atoms with Crippen molar-refractivity contribution in [2.24, 2.45) is 5.92 Å². The molecule has 1 N–H and O–H groups in total. The Morgan fingerprint density at radius 1 is 1.23 bits per heavy atom. The summed E-state index contributed by atoms with van der Waals surface area (Å²) in [7, 11) is -3.09. The standard InChI is InChI=1S/C19H30N2O3S.ClH/c1-25(23,24)20-13-10-17-11-14-21(15-12-17)19(9-5-6-16-22)18-7-3-2-4-8-18;/h2-4,7-8,16-17,19-20H,5-6,9-15H2,1H3;1H. The number of carbonyl (C=O) groups is 1. The van der Waals surface area contributed by atoms with Crippen molar-refractivity contribution in [1.82, 2.24) is 9.62 Å². The molecule has 148 valence electrons. The maximum Gasteiger partial charge on any atom is 0.208 e. The molecule has 5 nitrogen and oxygen atoms in total. The maximum atomic E-state index is 11.2. The molecule has 26 heavy (non-hydrogen) atoms. The Labute approximate surface area is 164 Å². The number of sulfonamides is 1. The number of aldehydes is 1. The van der Waals surface area contributed by atoms with Crippen molar-refractivity contribution in [2.75, 3.05) is 25.9 Å². The summed E-state index contributed by atoms with van der Waals surface area (Å²) in [6.45, 7) is 2.60. The Morgan fingerprint density at radius 3 is 2.46 bits per heavy atom. The molecule has 1 atom stereocenters. The fourth-order valence-corrected chi connectivity index (χ4v) is 4.12. The summed E-state index contributed by atoms with van der Waals surface area (Å²) in [5.74, 6) is 0.580. The molecule has 1 aliphatic heterocycles. The molecule has 1 aromatic rings. The van der Waals surface area contributed by atoms with Crippen LogP contribution >= 0.6 is 12.4 Å². The van der Waals surface area contributed by atoms with E-state index < -0.39 is 10.0 Å². The van der Waals surface area contributed by atoms with E-state index in [1.165, 1.54) is 11.8 Å². The van der Waals surface area contributed by atoms with Gasteiger partial charge in [0.1, 0.15) is 6.29 Å². The van der Waals surface area contributed by atoms with Gasteiger partial charge in [0.05, 0.1) is 6.26 Å². The number of nitrogens with one attached hydrogen (secondary N) is 1. The van der Waals surface area contributed by atoms with E-state index in [-0.39, 0.29) is 12.4 Å². The summed E-state index contributed by atoms with van der Waals surface area (Å²) in [5.41, 5.74) is 1.32. The predicted octanol–water partition coefficient (Wildman–Crippen LogP) is 3.17. The molecular formula is C19H31ClN2O3S. The molecule has 2 rings (SSSR count). The first-order chi connectivity index (χ1) is 12.0. The van der Waals surface area contributed by atoms with Crippen LogP contribution in [0.5, 0.6) is 0 Å². The number of halogens is 1. The molecule has 1 unspecified atom stereocenters. The van der Waals surface area contributed by atoms with E-state index in [0.717, 1.165) is 51.5 Å². The molecule has 7 heteroatoms. The van der Waals surface area contributed by atoms with Crippen LogP contribution in [0.3, 0.4) is 0 Å².